The molecule has 6 aromatic carbocycles. The van der Waals surface area contributed by atoms with Gasteiger partial charge in [0.1, 0.15) is 39.2 Å². The Hall–Kier alpha value is -4.50. The van der Waals surface area contributed by atoms with E-state index in [4.69, 9.17) is 39.2 Å². The number of para-hydroxylation sites is 3. The van der Waals surface area contributed by atoms with E-state index < -0.39 is 0 Å². The third-order valence-corrected chi connectivity index (χ3v) is 8.38. The maximum atomic E-state index is 6.57. The topological polar surface area (TPSA) is 9.86 Å². The molecule has 0 amide bonds. The zero-order chi connectivity index (χ0) is 28.0. The summed E-state index contributed by atoms with van der Waals surface area (Å²) in [4.78, 5) is 0. The molecule has 0 saturated carbocycles. The Bertz CT molecular complexity index is 2340. The molecule has 0 unspecified atom stereocenters. The first-order chi connectivity index (χ1) is 20.0. The molecule has 0 atom stereocenters. The second-order valence-electron chi connectivity index (χ2n) is 10.5. The summed E-state index contributed by atoms with van der Waals surface area (Å²) in [6.07, 6.45) is 0. The molecule has 0 aliphatic carbocycles. The number of benzene rings is 6. The molecule has 0 saturated heterocycles. The molecule has 0 fully saturated rings. The molecule has 178 valence electrons. The maximum Gasteiger partial charge on any atom is 0.115 e. The number of hydrogen-bond donors (Lipinski definition) is 0. The molecule has 0 aliphatic heterocycles. The van der Waals surface area contributed by atoms with E-state index in [0.717, 1.165) is 43.9 Å². The second kappa shape index (κ2) is 8.75. The highest BCUT2D eigenvalue weighted by molar-refractivity contribution is 6.68. The van der Waals surface area contributed by atoms with Crippen molar-refractivity contribution in [2.75, 3.05) is 0 Å². The van der Waals surface area contributed by atoms with Crippen molar-refractivity contribution in [3.8, 4) is 11.4 Å². The summed E-state index contributed by atoms with van der Waals surface area (Å²) < 4.78 is 4.39. The molecule has 0 aliphatic rings. The molecule has 7 heteroatoms. The fraction of sp³-hybridized carbons (Fsp3) is 0. The third kappa shape index (κ3) is 3.21. The zero-order valence-electron chi connectivity index (χ0n) is 22.1. The van der Waals surface area contributed by atoms with Crippen LogP contribution in [0.2, 0.25) is 0 Å². The van der Waals surface area contributed by atoms with Crippen molar-refractivity contribution in [1.29, 1.82) is 0 Å². The van der Waals surface area contributed by atoms with Crippen LogP contribution in [-0.4, -0.2) is 48.4 Å². The van der Waals surface area contributed by atoms with E-state index in [2.05, 4.69) is 94.1 Å². The summed E-state index contributed by atoms with van der Waals surface area (Å²) in [5.74, 6) is 0. The average Bonchev–Trinajstić information content (AvgIpc) is 3.53. The zero-order valence-corrected chi connectivity index (χ0v) is 22.1. The van der Waals surface area contributed by atoms with Gasteiger partial charge in [-0.2, -0.15) is 0 Å². The van der Waals surface area contributed by atoms with Gasteiger partial charge in [-0.25, -0.2) is 0 Å². The van der Waals surface area contributed by atoms with E-state index in [0.29, 0.717) is 16.6 Å². The van der Waals surface area contributed by atoms with Crippen LogP contribution in [-0.2, 0) is 0 Å². The van der Waals surface area contributed by atoms with Crippen molar-refractivity contribution in [2.24, 2.45) is 0 Å². The van der Waals surface area contributed by atoms with Gasteiger partial charge in [-0.3, -0.25) is 0 Å². The Balaban J connectivity index is 1.56. The molecule has 0 spiro atoms. The van der Waals surface area contributed by atoms with E-state index in [1.165, 1.54) is 16.2 Å². The SMILES string of the molecule is [B]c1c([B])c([B])c(-n2c3ccccc3c3c4ccc5c(c4ccc32)c2ccccc2n5-c2ccccc2)c([B])c1[B]. The number of fused-ring (bicyclic) bond motifs is 9. The van der Waals surface area contributed by atoms with Crippen molar-refractivity contribution < 1.29 is 0 Å². The average molecular weight is 508 g/mol. The van der Waals surface area contributed by atoms with E-state index in [1.807, 2.05) is 18.2 Å². The molecule has 2 heterocycles. The minimum absolute atomic E-state index is 0.201. The van der Waals surface area contributed by atoms with Gasteiger partial charge >= 0.3 is 0 Å². The molecule has 8 aromatic rings. The van der Waals surface area contributed by atoms with Gasteiger partial charge in [0, 0.05) is 32.9 Å². The van der Waals surface area contributed by atoms with Crippen LogP contribution in [0, 0.1) is 0 Å². The summed E-state index contributed by atoms with van der Waals surface area (Å²) in [6, 6.07) is 36.0. The predicted octanol–water partition coefficient (Wildman–Crippen LogP) is 3.00. The van der Waals surface area contributed by atoms with Gasteiger partial charge in [0.05, 0.1) is 22.1 Å². The highest BCUT2D eigenvalue weighted by atomic mass is 15.0. The first-order valence-corrected chi connectivity index (χ1v) is 13.4. The van der Waals surface area contributed by atoms with Crippen LogP contribution in [0.5, 0.6) is 0 Å². The lowest BCUT2D eigenvalue weighted by Gasteiger charge is -2.23. The lowest BCUT2D eigenvalue weighted by atomic mass is 9.61. The van der Waals surface area contributed by atoms with Gasteiger partial charge in [0.15, 0.2) is 0 Å². The van der Waals surface area contributed by atoms with E-state index in [9.17, 15) is 0 Å². The Morgan fingerprint density at radius 2 is 0.780 bits per heavy atom. The smallest absolute Gasteiger partial charge is 0.115 e. The van der Waals surface area contributed by atoms with Crippen LogP contribution < -0.4 is 27.3 Å². The van der Waals surface area contributed by atoms with E-state index >= 15 is 0 Å². The standard InChI is InChI=1S/C34H17B5N2/c35-29-30(36)32(38)34(33(39)31(29)37)41-24-13-7-5-11-22(24)28-20-14-16-25-27(19(20)15-17-26(28)41)21-10-4-6-12-23(21)40(25)18-8-2-1-3-9-18/h1-17H. The fourth-order valence-electron chi connectivity index (χ4n) is 6.51. The molecule has 2 nitrogen and oxygen atoms in total. The molecular formula is C34H17B5N2. The first-order valence-electron chi connectivity index (χ1n) is 13.4. The second-order valence-corrected chi connectivity index (χ2v) is 10.5. The van der Waals surface area contributed by atoms with Crippen molar-refractivity contribution in [2.45, 2.75) is 0 Å². The lowest BCUT2D eigenvalue weighted by molar-refractivity contribution is 1.18. The fourth-order valence-corrected chi connectivity index (χ4v) is 6.51. The van der Waals surface area contributed by atoms with Gasteiger partial charge in [0.25, 0.3) is 0 Å². The highest BCUT2D eigenvalue weighted by Crippen LogP contribution is 2.42. The van der Waals surface area contributed by atoms with Crippen LogP contribution in [0.25, 0.3) is 65.8 Å². The van der Waals surface area contributed by atoms with Gasteiger partial charge in [0.2, 0.25) is 0 Å². The molecule has 0 bridgehead atoms. The maximum absolute atomic E-state index is 6.57. The minimum atomic E-state index is 0.201. The van der Waals surface area contributed by atoms with Crippen LogP contribution in [0.3, 0.4) is 0 Å². The largest absolute Gasteiger partial charge is 0.310 e. The van der Waals surface area contributed by atoms with Crippen LogP contribution in [0.1, 0.15) is 0 Å². The molecule has 41 heavy (non-hydrogen) atoms. The lowest BCUT2D eigenvalue weighted by Crippen LogP contribution is -2.56. The van der Waals surface area contributed by atoms with Crippen molar-refractivity contribution in [1.82, 2.24) is 9.13 Å². The Morgan fingerprint density at radius 1 is 0.341 bits per heavy atom. The van der Waals surface area contributed by atoms with Gasteiger partial charge in [-0.05, 0) is 47.2 Å². The quantitative estimate of drug-likeness (QED) is 0.319. The van der Waals surface area contributed by atoms with Crippen LogP contribution in [0.4, 0.5) is 0 Å². The van der Waals surface area contributed by atoms with Gasteiger partial charge in [-0.1, -0.05) is 77.7 Å². The molecule has 8 rings (SSSR count). The van der Waals surface area contributed by atoms with Crippen LogP contribution >= 0.6 is 0 Å². The molecule has 0 N–H and O–H groups in total. The number of aromatic nitrogens is 2. The summed E-state index contributed by atoms with van der Waals surface area (Å²) in [7, 11) is 31.9. The Labute approximate surface area is 244 Å². The summed E-state index contributed by atoms with van der Waals surface area (Å²) in [5.41, 5.74) is 7.15. The normalized spacial score (nSPS) is 11.9. The summed E-state index contributed by atoms with van der Waals surface area (Å²) in [5, 5.41) is 6.89. The van der Waals surface area contributed by atoms with Crippen molar-refractivity contribution in [3.05, 3.63) is 103 Å². The first kappa shape index (κ1) is 24.3. The van der Waals surface area contributed by atoms with E-state index in [1.54, 1.807) is 0 Å². The summed E-state index contributed by atoms with van der Waals surface area (Å²) >= 11 is 0. The van der Waals surface area contributed by atoms with Crippen molar-refractivity contribution in [3.63, 3.8) is 0 Å². The number of hydrogen-bond acceptors (Lipinski definition) is 0. The number of nitrogens with zero attached hydrogens (tertiary/aromatic N) is 2. The van der Waals surface area contributed by atoms with Crippen molar-refractivity contribution >= 4 is 121 Å². The Morgan fingerprint density at radius 3 is 1.34 bits per heavy atom. The molecular weight excluding hydrogens is 490 g/mol. The van der Waals surface area contributed by atoms with E-state index in [-0.39, 0.29) is 16.4 Å². The minimum Gasteiger partial charge on any atom is -0.310 e. The Kier molecular flexibility index (Phi) is 5.19. The molecule has 2 aromatic heterocycles. The summed E-state index contributed by atoms with van der Waals surface area (Å²) in [6.45, 7) is 0. The third-order valence-electron chi connectivity index (χ3n) is 8.38. The molecule has 10 radical (unpaired) electrons. The number of rotatable bonds is 2. The van der Waals surface area contributed by atoms with Gasteiger partial charge in [-0.15, -0.1) is 16.4 Å². The monoisotopic (exact) mass is 508 g/mol. The highest BCUT2D eigenvalue weighted by Gasteiger charge is 2.21. The predicted molar refractivity (Wildman–Crippen MR) is 180 cm³/mol. The van der Waals surface area contributed by atoms with Crippen LogP contribution in [0.15, 0.2) is 103 Å². The van der Waals surface area contributed by atoms with Gasteiger partial charge < -0.3 is 9.13 Å².